The van der Waals surface area contributed by atoms with Crippen molar-refractivity contribution in [1.82, 2.24) is 9.62 Å². The molecule has 0 bridgehead atoms. The fraction of sp³-hybridized carbons (Fsp3) is 0.500. The largest absolute Gasteiger partial charge is 0.369 e. The fourth-order valence-corrected chi connectivity index (χ4v) is 4.73. The first-order valence-corrected chi connectivity index (χ1v) is 12.3. The molecule has 0 amide bonds. The van der Waals surface area contributed by atoms with Crippen LogP contribution in [-0.4, -0.2) is 53.1 Å². The summed E-state index contributed by atoms with van der Waals surface area (Å²) in [5.41, 5.74) is 3.64. The van der Waals surface area contributed by atoms with Crippen molar-refractivity contribution in [3.8, 4) is 0 Å². The Hall–Kier alpha value is -1.89. The summed E-state index contributed by atoms with van der Waals surface area (Å²) in [5.74, 6) is 0. The maximum Gasteiger partial charge on any atom is 0.240 e. The number of hydrogen-bond acceptors (Lipinski definition) is 4. The van der Waals surface area contributed by atoms with Gasteiger partial charge < -0.3 is 9.80 Å². The van der Waals surface area contributed by atoms with Gasteiger partial charge >= 0.3 is 0 Å². The van der Waals surface area contributed by atoms with Crippen LogP contribution in [-0.2, 0) is 21.9 Å². The van der Waals surface area contributed by atoms with Gasteiger partial charge in [-0.1, -0.05) is 45.0 Å². The van der Waals surface area contributed by atoms with Crippen molar-refractivity contribution in [2.24, 2.45) is 0 Å². The summed E-state index contributed by atoms with van der Waals surface area (Å²) in [6, 6.07) is 15.9. The number of likely N-dealkylation sites (N-methyl/N-ethyl adjacent to an activating group) is 1. The minimum absolute atomic E-state index is 0.00954. The molecule has 0 unspecified atom stereocenters. The maximum atomic E-state index is 12.5. The van der Waals surface area contributed by atoms with Gasteiger partial charge in [0.2, 0.25) is 10.0 Å². The SMILES string of the molecule is CN1CCN(c2ccc(CCCNS(=O)(=O)c3ccc(C(C)(C)C)cc3)cc2)CC1. The highest BCUT2D eigenvalue weighted by atomic mass is 32.2. The smallest absolute Gasteiger partial charge is 0.240 e. The molecule has 0 aliphatic carbocycles. The van der Waals surface area contributed by atoms with Crippen molar-refractivity contribution in [1.29, 1.82) is 0 Å². The third-order valence-corrected chi connectivity index (χ3v) is 7.25. The van der Waals surface area contributed by atoms with E-state index in [0.717, 1.165) is 44.6 Å². The molecule has 1 saturated heterocycles. The normalized spacial score (nSPS) is 16.1. The van der Waals surface area contributed by atoms with Gasteiger partial charge in [0, 0.05) is 38.4 Å². The molecule has 1 aliphatic heterocycles. The molecule has 1 N–H and O–H groups in total. The minimum atomic E-state index is -3.46. The summed E-state index contributed by atoms with van der Waals surface area (Å²) in [6.07, 6.45) is 1.63. The summed E-state index contributed by atoms with van der Waals surface area (Å²) in [6.45, 7) is 11.1. The Morgan fingerprint density at radius 1 is 0.900 bits per heavy atom. The third kappa shape index (κ3) is 6.06. The van der Waals surface area contributed by atoms with Gasteiger partial charge in [-0.3, -0.25) is 0 Å². The Bertz CT molecular complexity index is 908. The molecule has 0 aromatic heterocycles. The van der Waals surface area contributed by atoms with E-state index in [4.69, 9.17) is 0 Å². The molecule has 0 spiro atoms. The fourth-order valence-electron chi connectivity index (χ4n) is 3.65. The highest BCUT2D eigenvalue weighted by Gasteiger charge is 2.17. The molecular weight excluding hydrogens is 394 g/mol. The van der Waals surface area contributed by atoms with Gasteiger partial charge in [0.1, 0.15) is 0 Å². The van der Waals surface area contributed by atoms with E-state index >= 15 is 0 Å². The summed E-state index contributed by atoms with van der Waals surface area (Å²) < 4.78 is 27.8. The molecule has 6 heteroatoms. The second-order valence-corrected chi connectivity index (χ2v) is 11.0. The molecule has 30 heavy (non-hydrogen) atoms. The predicted octanol–water partition coefficient (Wildman–Crippen LogP) is 3.65. The van der Waals surface area contributed by atoms with Crippen LogP contribution in [0.1, 0.15) is 38.3 Å². The van der Waals surface area contributed by atoms with Crippen LogP contribution in [0.25, 0.3) is 0 Å². The molecule has 1 fully saturated rings. The molecule has 2 aromatic rings. The van der Waals surface area contributed by atoms with Crippen LogP contribution in [0.3, 0.4) is 0 Å². The Morgan fingerprint density at radius 2 is 1.50 bits per heavy atom. The monoisotopic (exact) mass is 429 g/mol. The first-order valence-electron chi connectivity index (χ1n) is 10.8. The molecule has 0 radical (unpaired) electrons. The van der Waals surface area contributed by atoms with Crippen LogP contribution in [0.4, 0.5) is 5.69 Å². The van der Waals surface area contributed by atoms with Gasteiger partial charge in [-0.2, -0.15) is 0 Å². The summed E-state index contributed by atoms with van der Waals surface area (Å²) in [4.78, 5) is 5.10. The van der Waals surface area contributed by atoms with Gasteiger partial charge in [-0.15, -0.1) is 0 Å². The van der Waals surface area contributed by atoms with Gasteiger partial charge in [0.15, 0.2) is 0 Å². The van der Waals surface area contributed by atoms with Crippen molar-refractivity contribution in [2.75, 3.05) is 44.7 Å². The number of sulfonamides is 1. The van der Waals surface area contributed by atoms with E-state index < -0.39 is 10.0 Å². The number of anilines is 1. The lowest BCUT2D eigenvalue weighted by atomic mass is 9.87. The molecule has 2 aromatic carbocycles. The van der Waals surface area contributed by atoms with Gasteiger partial charge in [0.25, 0.3) is 0 Å². The average Bonchev–Trinajstić information content (AvgIpc) is 2.72. The van der Waals surface area contributed by atoms with Crippen LogP contribution < -0.4 is 9.62 Å². The van der Waals surface area contributed by atoms with Crippen molar-refractivity contribution >= 4 is 15.7 Å². The van der Waals surface area contributed by atoms with E-state index in [1.807, 2.05) is 12.1 Å². The Kier molecular flexibility index (Phi) is 7.22. The van der Waals surface area contributed by atoms with Gasteiger partial charge in [-0.25, -0.2) is 13.1 Å². The third-order valence-electron chi connectivity index (χ3n) is 5.77. The lowest BCUT2D eigenvalue weighted by Gasteiger charge is -2.34. The van der Waals surface area contributed by atoms with Crippen molar-refractivity contribution in [3.05, 3.63) is 59.7 Å². The summed E-state index contributed by atoms with van der Waals surface area (Å²) in [7, 11) is -1.30. The van der Waals surface area contributed by atoms with Gasteiger partial charge in [0.05, 0.1) is 4.90 Å². The standard InChI is InChI=1S/C24H35N3O2S/c1-24(2,3)21-9-13-23(14-10-21)30(28,29)25-15-5-6-20-7-11-22(12-8-20)27-18-16-26(4)17-19-27/h7-14,25H,5-6,15-19H2,1-4H3. The first kappa shape index (κ1) is 22.8. The van der Waals surface area contributed by atoms with Crippen LogP contribution in [0.5, 0.6) is 0 Å². The van der Waals surface area contributed by atoms with Crippen molar-refractivity contribution < 1.29 is 8.42 Å². The summed E-state index contributed by atoms with van der Waals surface area (Å²) in [5, 5.41) is 0. The van der Waals surface area contributed by atoms with E-state index in [9.17, 15) is 8.42 Å². The topological polar surface area (TPSA) is 52.6 Å². The lowest BCUT2D eigenvalue weighted by Crippen LogP contribution is -2.44. The predicted molar refractivity (Wildman–Crippen MR) is 125 cm³/mol. The van der Waals surface area contributed by atoms with Crippen LogP contribution in [0.2, 0.25) is 0 Å². The number of nitrogens with one attached hydrogen (secondary N) is 1. The molecule has 3 rings (SSSR count). The number of aryl methyl sites for hydroxylation is 1. The quantitative estimate of drug-likeness (QED) is 0.683. The number of hydrogen-bond donors (Lipinski definition) is 1. The van der Waals surface area contributed by atoms with E-state index in [2.05, 4.69) is 66.6 Å². The maximum absolute atomic E-state index is 12.5. The number of piperazine rings is 1. The molecule has 0 saturated carbocycles. The van der Waals surface area contributed by atoms with Crippen LogP contribution >= 0.6 is 0 Å². The van der Waals surface area contributed by atoms with E-state index in [-0.39, 0.29) is 5.41 Å². The van der Waals surface area contributed by atoms with Crippen molar-refractivity contribution in [3.63, 3.8) is 0 Å². The zero-order chi connectivity index (χ0) is 21.8. The highest BCUT2D eigenvalue weighted by Crippen LogP contribution is 2.23. The zero-order valence-electron chi connectivity index (χ0n) is 18.7. The molecule has 164 valence electrons. The molecule has 0 atom stereocenters. The minimum Gasteiger partial charge on any atom is -0.369 e. The van der Waals surface area contributed by atoms with Crippen LogP contribution in [0, 0.1) is 0 Å². The van der Waals surface area contributed by atoms with Crippen LogP contribution in [0.15, 0.2) is 53.4 Å². The number of benzene rings is 2. The lowest BCUT2D eigenvalue weighted by molar-refractivity contribution is 0.313. The second-order valence-electron chi connectivity index (χ2n) is 9.23. The Morgan fingerprint density at radius 3 is 2.07 bits per heavy atom. The second kappa shape index (κ2) is 9.50. The number of nitrogens with zero attached hydrogens (tertiary/aromatic N) is 2. The van der Waals surface area contributed by atoms with E-state index in [0.29, 0.717) is 11.4 Å². The van der Waals surface area contributed by atoms with Gasteiger partial charge in [-0.05, 0) is 60.7 Å². The molecule has 1 aliphatic rings. The Balaban J connectivity index is 1.47. The van der Waals surface area contributed by atoms with Crippen molar-refractivity contribution in [2.45, 2.75) is 43.9 Å². The number of rotatable bonds is 7. The first-order chi connectivity index (χ1) is 14.1. The summed E-state index contributed by atoms with van der Waals surface area (Å²) >= 11 is 0. The Labute approximate surface area is 182 Å². The highest BCUT2D eigenvalue weighted by molar-refractivity contribution is 7.89. The molecule has 1 heterocycles. The zero-order valence-corrected chi connectivity index (χ0v) is 19.5. The molecule has 5 nitrogen and oxygen atoms in total. The average molecular weight is 430 g/mol. The molecular formula is C24H35N3O2S. The van der Waals surface area contributed by atoms with E-state index in [1.165, 1.54) is 11.3 Å². The van der Waals surface area contributed by atoms with E-state index in [1.54, 1.807) is 12.1 Å².